The lowest BCUT2D eigenvalue weighted by atomic mass is 9.75. The van der Waals surface area contributed by atoms with Gasteiger partial charge in [0.1, 0.15) is 11.5 Å². The lowest BCUT2D eigenvalue weighted by molar-refractivity contribution is -0.117. The van der Waals surface area contributed by atoms with Gasteiger partial charge in [-0.15, -0.1) is 0 Å². The lowest BCUT2D eigenvalue weighted by Gasteiger charge is -2.30. The lowest BCUT2D eigenvalue weighted by Crippen LogP contribution is -2.30. The number of rotatable bonds is 5. The smallest absolute Gasteiger partial charge is 0.168 e. The van der Waals surface area contributed by atoms with Gasteiger partial charge in [0.25, 0.3) is 0 Å². The zero-order chi connectivity index (χ0) is 19.4. The zero-order valence-electron chi connectivity index (χ0n) is 16.0. The van der Waals surface area contributed by atoms with Gasteiger partial charge in [0.05, 0.1) is 24.1 Å². The molecule has 0 aromatic heterocycles. The van der Waals surface area contributed by atoms with E-state index >= 15 is 0 Å². The maximum absolute atomic E-state index is 12.8. The predicted octanol–water partition coefficient (Wildman–Crippen LogP) is 5.21. The molecule has 0 heterocycles. The molecule has 4 nitrogen and oxygen atoms in total. The molecule has 1 N–H and O–H groups in total. The van der Waals surface area contributed by atoms with Crippen molar-refractivity contribution in [1.82, 2.24) is 0 Å². The molecule has 0 aliphatic heterocycles. The predicted molar refractivity (Wildman–Crippen MR) is 108 cm³/mol. The van der Waals surface area contributed by atoms with E-state index in [9.17, 15) is 9.90 Å². The van der Waals surface area contributed by atoms with Crippen molar-refractivity contribution in [2.45, 2.75) is 33.1 Å². The summed E-state index contributed by atoms with van der Waals surface area (Å²) in [5, 5.41) is 10.7. The quantitative estimate of drug-likeness (QED) is 0.742. The number of hydrogen-bond donors (Lipinski definition) is 1. The van der Waals surface area contributed by atoms with Crippen molar-refractivity contribution in [3.8, 4) is 5.75 Å². The fraction of sp³-hybridized carbons (Fsp3) is 0.304. The van der Waals surface area contributed by atoms with Crippen LogP contribution in [0.1, 0.15) is 32.3 Å². The number of carbonyl (C=O) groups is 1. The summed E-state index contributed by atoms with van der Waals surface area (Å²) in [4.78, 5) is 17.6. The van der Waals surface area contributed by atoms with Crippen LogP contribution < -0.4 is 4.74 Å². The number of Topliss-reactive ketones (excluding diaryl/α,β-unsaturated/α-hetero) is 1. The van der Waals surface area contributed by atoms with E-state index < -0.39 is 0 Å². The van der Waals surface area contributed by atoms with Gasteiger partial charge in [-0.1, -0.05) is 50.2 Å². The Bertz CT molecular complexity index is 895. The van der Waals surface area contributed by atoms with Gasteiger partial charge >= 0.3 is 0 Å². The van der Waals surface area contributed by atoms with Crippen molar-refractivity contribution >= 4 is 17.2 Å². The molecule has 0 saturated carbocycles. The molecule has 0 spiro atoms. The van der Waals surface area contributed by atoms with Crippen molar-refractivity contribution in [2.24, 2.45) is 10.4 Å². The summed E-state index contributed by atoms with van der Waals surface area (Å²) in [6.45, 7) is 3.99. The molecule has 4 heteroatoms. The number of aliphatic hydroxyl groups excluding tert-OH is 1. The Morgan fingerprint density at radius 1 is 1.11 bits per heavy atom. The average Bonchev–Trinajstić information content (AvgIpc) is 2.61. The third kappa shape index (κ3) is 4.64. The number of methoxy groups -OCH3 is 1. The van der Waals surface area contributed by atoms with Crippen LogP contribution in [-0.2, 0) is 11.2 Å². The Hall–Kier alpha value is -2.88. The van der Waals surface area contributed by atoms with E-state index in [-0.39, 0.29) is 17.0 Å². The van der Waals surface area contributed by atoms with Crippen LogP contribution in [0.2, 0.25) is 0 Å². The van der Waals surface area contributed by atoms with Gasteiger partial charge in [0.2, 0.25) is 0 Å². The maximum atomic E-state index is 12.8. The average molecular weight is 363 g/mol. The maximum Gasteiger partial charge on any atom is 0.168 e. The monoisotopic (exact) mass is 363 g/mol. The molecule has 2 aromatic carbocycles. The minimum absolute atomic E-state index is 0.0543. The first kappa shape index (κ1) is 18.9. The Morgan fingerprint density at radius 2 is 1.85 bits per heavy atom. The second-order valence-corrected chi connectivity index (χ2v) is 7.68. The molecule has 0 atom stereocenters. The molecular weight excluding hydrogens is 338 g/mol. The van der Waals surface area contributed by atoms with Crippen LogP contribution in [-0.4, -0.2) is 23.7 Å². The Labute approximate surface area is 160 Å². The molecule has 3 rings (SSSR count). The molecule has 140 valence electrons. The molecule has 0 unspecified atom stereocenters. The summed E-state index contributed by atoms with van der Waals surface area (Å²) in [6, 6.07) is 17.2. The highest BCUT2D eigenvalue weighted by Crippen LogP contribution is 2.37. The van der Waals surface area contributed by atoms with E-state index in [2.05, 4.69) is 0 Å². The van der Waals surface area contributed by atoms with Crippen LogP contribution in [0.4, 0.5) is 5.69 Å². The Kier molecular flexibility index (Phi) is 5.45. The van der Waals surface area contributed by atoms with Crippen LogP contribution >= 0.6 is 0 Å². The van der Waals surface area contributed by atoms with E-state index in [0.717, 1.165) is 5.56 Å². The van der Waals surface area contributed by atoms with E-state index in [1.807, 2.05) is 68.4 Å². The molecule has 0 amide bonds. The van der Waals surface area contributed by atoms with Crippen LogP contribution in [0.5, 0.6) is 5.75 Å². The molecule has 2 aromatic rings. The number of aliphatic hydroxyl groups is 1. The largest absolute Gasteiger partial charge is 0.511 e. The first-order chi connectivity index (χ1) is 12.9. The highest BCUT2D eigenvalue weighted by atomic mass is 16.5. The summed E-state index contributed by atoms with van der Waals surface area (Å²) < 4.78 is 5.27. The second-order valence-electron chi connectivity index (χ2n) is 7.68. The fourth-order valence-electron chi connectivity index (χ4n) is 3.42. The molecule has 0 bridgehead atoms. The topological polar surface area (TPSA) is 58.9 Å². The summed E-state index contributed by atoms with van der Waals surface area (Å²) in [7, 11) is 1.61. The molecular formula is C23H25NO3. The SMILES string of the molecule is COc1cccc(N=C(Cc2ccccc2)C2=C(O)CC(C)(C)CC2=O)c1. The van der Waals surface area contributed by atoms with Crippen molar-refractivity contribution in [3.05, 3.63) is 71.5 Å². The molecule has 27 heavy (non-hydrogen) atoms. The number of carbonyl (C=O) groups excluding carboxylic acids is 1. The molecule has 1 aliphatic carbocycles. The number of benzene rings is 2. The number of aliphatic imine (C=N–C) groups is 1. The van der Waals surface area contributed by atoms with Crippen LogP contribution in [0, 0.1) is 5.41 Å². The molecule has 0 saturated heterocycles. The van der Waals surface area contributed by atoms with E-state index in [1.54, 1.807) is 7.11 Å². The van der Waals surface area contributed by atoms with E-state index in [0.29, 0.717) is 42.0 Å². The number of allylic oxidation sites excluding steroid dienone is 2. The standard InChI is InChI=1S/C23H25NO3/c1-23(2)14-20(25)22(21(26)15-23)19(12-16-8-5-4-6-9-16)24-17-10-7-11-18(13-17)27-3/h4-11,13,25H,12,14-15H2,1-3H3. The number of nitrogens with zero attached hydrogens (tertiary/aromatic N) is 1. The summed E-state index contributed by atoms with van der Waals surface area (Å²) in [5.74, 6) is 0.778. The number of ketones is 1. The first-order valence-electron chi connectivity index (χ1n) is 9.09. The van der Waals surface area contributed by atoms with Gasteiger partial charge in [-0.05, 0) is 23.1 Å². The first-order valence-corrected chi connectivity index (χ1v) is 9.09. The Balaban J connectivity index is 2.07. The summed E-state index contributed by atoms with van der Waals surface area (Å²) in [6.07, 6.45) is 1.35. The highest BCUT2D eigenvalue weighted by Gasteiger charge is 2.35. The summed E-state index contributed by atoms with van der Waals surface area (Å²) >= 11 is 0. The highest BCUT2D eigenvalue weighted by molar-refractivity contribution is 6.24. The number of hydrogen-bond acceptors (Lipinski definition) is 4. The third-order valence-electron chi connectivity index (χ3n) is 4.67. The third-order valence-corrected chi connectivity index (χ3v) is 4.67. The van der Waals surface area contributed by atoms with E-state index in [4.69, 9.17) is 9.73 Å². The van der Waals surface area contributed by atoms with Crippen molar-refractivity contribution < 1.29 is 14.6 Å². The minimum Gasteiger partial charge on any atom is -0.511 e. The van der Waals surface area contributed by atoms with Crippen LogP contribution in [0.25, 0.3) is 0 Å². The molecule has 0 radical (unpaired) electrons. The van der Waals surface area contributed by atoms with Crippen LogP contribution in [0.15, 0.2) is 70.9 Å². The van der Waals surface area contributed by atoms with Gasteiger partial charge in [-0.3, -0.25) is 9.79 Å². The molecule has 0 fully saturated rings. The minimum atomic E-state index is -0.238. The van der Waals surface area contributed by atoms with Gasteiger partial charge in [0, 0.05) is 25.3 Å². The van der Waals surface area contributed by atoms with Gasteiger partial charge < -0.3 is 9.84 Å². The van der Waals surface area contributed by atoms with E-state index in [1.165, 1.54) is 0 Å². The van der Waals surface area contributed by atoms with Crippen molar-refractivity contribution in [3.63, 3.8) is 0 Å². The molecule has 1 aliphatic rings. The summed E-state index contributed by atoms with van der Waals surface area (Å²) in [5.41, 5.74) is 2.45. The normalized spacial score (nSPS) is 17.1. The van der Waals surface area contributed by atoms with Gasteiger partial charge in [-0.25, -0.2) is 0 Å². The van der Waals surface area contributed by atoms with Gasteiger partial charge in [-0.2, -0.15) is 0 Å². The number of ether oxygens (including phenoxy) is 1. The van der Waals surface area contributed by atoms with Crippen molar-refractivity contribution in [2.75, 3.05) is 7.11 Å². The van der Waals surface area contributed by atoms with Crippen molar-refractivity contribution in [1.29, 1.82) is 0 Å². The zero-order valence-corrected chi connectivity index (χ0v) is 16.0. The van der Waals surface area contributed by atoms with Gasteiger partial charge in [0.15, 0.2) is 5.78 Å². The Morgan fingerprint density at radius 3 is 2.52 bits per heavy atom. The second kappa shape index (κ2) is 7.78. The van der Waals surface area contributed by atoms with Crippen LogP contribution in [0.3, 0.4) is 0 Å². The fourth-order valence-corrected chi connectivity index (χ4v) is 3.42.